The summed E-state index contributed by atoms with van der Waals surface area (Å²) in [5, 5.41) is 3.22. The van der Waals surface area contributed by atoms with Crippen LogP contribution in [0.3, 0.4) is 0 Å². The molecule has 2 rings (SSSR count). The van der Waals surface area contributed by atoms with Gasteiger partial charge in [-0.1, -0.05) is 29.3 Å². The first-order valence-electron chi connectivity index (χ1n) is 7.41. The van der Waals surface area contributed by atoms with Crippen molar-refractivity contribution in [1.29, 1.82) is 0 Å². The number of rotatable bonds is 5. The zero-order chi connectivity index (χ0) is 17.9. The Hall–Kier alpha value is -1.31. The molecule has 6 nitrogen and oxygen atoms in total. The Morgan fingerprint density at radius 1 is 1.33 bits per heavy atom. The number of anilines is 1. The van der Waals surface area contributed by atoms with E-state index in [0.717, 1.165) is 0 Å². The first kappa shape index (κ1) is 19.0. The molecule has 2 amide bonds. The minimum Gasteiger partial charge on any atom is -0.338 e. The molecule has 1 aromatic carbocycles. The van der Waals surface area contributed by atoms with Crippen molar-refractivity contribution in [3.63, 3.8) is 0 Å². The van der Waals surface area contributed by atoms with E-state index in [1.807, 2.05) is 0 Å². The van der Waals surface area contributed by atoms with Crippen molar-refractivity contribution in [2.45, 2.75) is 25.8 Å². The molecule has 0 radical (unpaired) electrons. The molecular formula is C15H18Cl2N2O4S. The number of amides is 2. The lowest BCUT2D eigenvalue weighted by molar-refractivity contribution is -0.131. The number of hydrogen-bond acceptors (Lipinski definition) is 4. The van der Waals surface area contributed by atoms with E-state index in [1.54, 1.807) is 18.2 Å². The van der Waals surface area contributed by atoms with Gasteiger partial charge in [-0.15, -0.1) is 0 Å². The summed E-state index contributed by atoms with van der Waals surface area (Å²) in [4.78, 5) is 25.3. The lowest BCUT2D eigenvalue weighted by atomic mass is 10.2. The van der Waals surface area contributed by atoms with E-state index in [9.17, 15) is 18.0 Å². The molecular weight excluding hydrogens is 375 g/mol. The zero-order valence-electron chi connectivity index (χ0n) is 13.1. The Morgan fingerprint density at radius 2 is 2.04 bits per heavy atom. The van der Waals surface area contributed by atoms with E-state index < -0.39 is 9.84 Å². The topological polar surface area (TPSA) is 83.6 Å². The van der Waals surface area contributed by atoms with Crippen molar-refractivity contribution >= 4 is 50.5 Å². The number of nitrogens with one attached hydrogen (secondary N) is 1. The van der Waals surface area contributed by atoms with Gasteiger partial charge in [0.25, 0.3) is 0 Å². The molecule has 0 aliphatic carbocycles. The summed E-state index contributed by atoms with van der Waals surface area (Å²) >= 11 is 11.9. The predicted octanol–water partition coefficient (Wildman–Crippen LogP) is 2.36. The number of benzene rings is 1. The molecule has 1 aromatic rings. The maximum atomic E-state index is 12.1. The summed E-state index contributed by atoms with van der Waals surface area (Å²) in [6.45, 7) is 1.52. The highest BCUT2D eigenvalue weighted by molar-refractivity contribution is 7.91. The van der Waals surface area contributed by atoms with Crippen LogP contribution in [0.2, 0.25) is 10.0 Å². The highest BCUT2D eigenvalue weighted by Gasteiger charge is 2.33. The Kier molecular flexibility index (Phi) is 6.11. The van der Waals surface area contributed by atoms with Crippen molar-refractivity contribution in [2.24, 2.45) is 0 Å². The largest absolute Gasteiger partial charge is 0.338 e. The molecule has 0 aromatic heterocycles. The van der Waals surface area contributed by atoms with Crippen LogP contribution >= 0.6 is 23.2 Å². The second kappa shape index (κ2) is 7.72. The lowest BCUT2D eigenvalue weighted by Gasteiger charge is -2.26. The van der Waals surface area contributed by atoms with E-state index >= 15 is 0 Å². The van der Waals surface area contributed by atoms with Crippen molar-refractivity contribution in [2.75, 3.05) is 23.4 Å². The number of halogens is 2. The second-order valence-corrected chi connectivity index (χ2v) is 8.68. The Bertz CT molecular complexity index is 752. The summed E-state index contributed by atoms with van der Waals surface area (Å²) in [5.74, 6) is -0.544. The molecule has 1 atom stereocenters. The van der Waals surface area contributed by atoms with Crippen molar-refractivity contribution < 1.29 is 18.0 Å². The summed E-state index contributed by atoms with van der Waals surface area (Å²) in [6, 6.07) is 4.53. The molecule has 1 N–H and O–H groups in total. The third kappa shape index (κ3) is 4.84. The summed E-state index contributed by atoms with van der Waals surface area (Å²) in [6.07, 6.45) is 0.447. The smallest absolute Gasteiger partial charge is 0.226 e. The molecule has 1 saturated heterocycles. The highest BCUT2D eigenvalue weighted by Crippen LogP contribution is 2.29. The van der Waals surface area contributed by atoms with Crippen LogP contribution < -0.4 is 5.32 Å². The van der Waals surface area contributed by atoms with Gasteiger partial charge in [0.15, 0.2) is 9.84 Å². The first-order valence-corrected chi connectivity index (χ1v) is 9.99. The molecule has 1 unspecified atom stereocenters. The Morgan fingerprint density at radius 3 is 2.62 bits per heavy atom. The van der Waals surface area contributed by atoms with Crippen molar-refractivity contribution in [3.05, 3.63) is 28.2 Å². The SMILES string of the molecule is CC(=O)N(CCC(=O)Nc1cccc(Cl)c1Cl)C1CCS(=O)(=O)C1. The van der Waals surface area contributed by atoms with Gasteiger partial charge < -0.3 is 10.2 Å². The zero-order valence-corrected chi connectivity index (χ0v) is 15.4. The van der Waals surface area contributed by atoms with Gasteiger partial charge in [0.05, 0.1) is 27.2 Å². The molecule has 0 saturated carbocycles. The van der Waals surface area contributed by atoms with Crippen molar-refractivity contribution in [1.82, 2.24) is 4.90 Å². The van der Waals surface area contributed by atoms with E-state index in [2.05, 4.69) is 5.32 Å². The first-order chi connectivity index (χ1) is 11.2. The van der Waals surface area contributed by atoms with Gasteiger partial charge in [0, 0.05) is 25.9 Å². The van der Waals surface area contributed by atoms with E-state index in [1.165, 1.54) is 11.8 Å². The predicted molar refractivity (Wildman–Crippen MR) is 94.2 cm³/mol. The number of carbonyl (C=O) groups excluding carboxylic acids is 2. The molecule has 1 aliphatic heterocycles. The van der Waals surface area contributed by atoms with Gasteiger partial charge in [-0.25, -0.2) is 8.42 Å². The van der Waals surface area contributed by atoms with Crippen LogP contribution in [0.4, 0.5) is 5.69 Å². The fourth-order valence-electron chi connectivity index (χ4n) is 2.65. The number of sulfone groups is 1. The molecule has 1 fully saturated rings. The van der Waals surface area contributed by atoms with Crippen LogP contribution in [0.5, 0.6) is 0 Å². The van der Waals surface area contributed by atoms with Crippen LogP contribution in [0, 0.1) is 0 Å². The third-order valence-electron chi connectivity index (χ3n) is 3.86. The quantitative estimate of drug-likeness (QED) is 0.833. The highest BCUT2D eigenvalue weighted by atomic mass is 35.5. The molecule has 24 heavy (non-hydrogen) atoms. The maximum absolute atomic E-state index is 12.1. The van der Waals surface area contributed by atoms with Crippen LogP contribution in [0.15, 0.2) is 18.2 Å². The van der Waals surface area contributed by atoms with Gasteiger partial charge in [0.1, 0.15) is 0 Å². The number of carbonyl (C=O) groups is 2. The fourth-order valence-corrected chi connectivity index (χ4v) is 4.73. The molecule has 1 aliphatic rings. The van der Waals surface area contributed by atoms with Gasteiger partial charge in [-0.3, -0.25) is 9.59 Å². The van der Waals surface area contributed by atoms with Gasteiger partial charge in [-0.05, 0) is 18.6 Å². The van der Waals surface area contributed by atoms with Crippen LogP contribution in [-0.4, -0.2) is 49.2 Å². The summed E-state index contributed by atoms with van der Waals surface area (Å²) < 4.78 is 23.1. The van der Waals surface area contributed by atoms with Crippen LogP contribution in [-0.2, 0) is 19.4 Å². The van der Waals surface area contributed by atoms with Gasteiger partial charge in [0.2, 0.25) is 11.8 Å². The van der Waals surface area contributed by atoms with E-state index in [0.29, 0.717) is 17.1 Å². The average Bonchev–Trinajstić information content (AvgIpc) is 2.84. The Labute approximate surface area is 151 Å². The maximum Gasteiger partial charge on any atom is 0.226 e. The fraction of sp³-hybridized carbons (Fsp3) is 0.467. The van der Waals surface area contributed by atoms with Crippen LogP contribution in [0.25, 0.3) is 0 Å². The lowest BCUT2D eigenvalue weighted by Crippen LogP contribution is -2.41. The molecule has 0 spiro atoms. The molecule has 9 heteroatoms. The third-order valence-corrected chi connectivity index (χ3v) is 6.43. The molecule has 1 heterocycles. The van der Waals surface area contributed by atoms with Crippen molar-refractivity contribution in [3.8, 4) is 0 Å². The van der Waals surface area contributed by atoms with Gasteiger partial charge in [-0.2, -0.15) is 0 Å². The molecule has 0 bridgehead atoms. The average molecular weight is 393 g/mol. The van der Waals surface area contributed by atoms with E-state index in [4.69, 9.17) is 23.2 Å². The van der Waals surface area contributed by atoms with E-state index in [-0.39, 0.29) is 47.4 Å². The second-order valence-electron chi connectivity index (χ2n) is 5.67. The summed E-state index contributed by atoms with van der Waals surface area (Å²) in [7, 11) is -3.10. The van der Waals surface area contributed by atoms with Crippen LogP contribution in [0.1, 0.15) is 19.8 Å². The normalized spacial score (nSPS) is 19.0. The monoisotopic (exact) mass is 392 g/mol. The number of hydrogen-bond donors (Lipinski definition) is 1. The minimum atomic E-state index is -3.10. The number of nitrogens with zero attached hydrogens (tertiary/aromatic N) is 1. The standard InChI is InChI=1S/C15H18Cl2N2O4S/c1-10(20)19(11-6-8-24(22,23)9-11)7-5-14(21)18-13-4-2-3-12(16)15(13)17/h2-4,11H,5-9H2,1H3,(H,18,21). The molecule has 132 valence electrons. The van der Waals surface area contributed by atoms with Gasteiger partial charge >= 0.3 is 0 Å². The summed E-state index contributed by atoms with van der Waals surface area (Å²) in [5.41, 5.74) is 0.395. The minimum absolute atomic E-state index is 0.0406. The Balaban J connectivity index is 1.96.